The number of aryl methyl sites for hydroxylation is 1. The van der Waals surface area contributed by atoms with Crippen molar-refractivity contribution >= 4 is 27.5 Å². The zero-order valence-electron chi connectivity index (χ0n) is 15.3. The molecule has 0 aliphatic carbocycles. The number of aromatic nitrogens is 2. The molecule has 0 bridgehead atoms. The van der Waals surface area contributed by atoms with E-state index in [1.165, 1.54) is 24.3 Å². The number of aliphatic hydroxyl groups excluding tert-OH is 1. The van der Waals surface area contributed by atoms with Crippen LogP contribution < -0.4 is 16.2 Å². The summed E-state index contributed by atoms with van der Waals surface area (Å²) in [6.07, 6.45) is 1.40. The summed E-state index contributed by atoms with van der Waals surface area (Å²) in [6, 6.07) is 12.6. The molecule has 0 unspecified atom stereocenters. The highest BCUT2D eigenvalue weighted by atomic mass is 32.2. The van der Waals surface area contributed by atoms with Gasteiger partial charge in [-0.3, -0.25) is 0 Å². The highest BCUT2D eigenvalue weighted by molar-refractivity contribution is 7.89. The first-order valence-corrected chi connectivity index (χ1v) is 10.3. The molecule has 2 aromatic carbocycles. The van der Waals surface area contributed by atoms with E-state index in [2.05, 4.69) is 15.3 Å². The third kappa shape index (κ3) is 5.05. The lowest BCUT2D eigenvalue weighted by Gasteiger charge is -2.11. The summed E-state index contributed by atoms with van der Waals surface area (Å²) in [4.78, 5) is 7.75. The van der Waals surface area contributed by atoms with Gasteiger partial charge in [-0.05, 0) is 42.7 Å². The molecule has 0 amide bonds. The Hall–Kier alpha value is -3.08. The number of nitrogens with zero attached hydrogens (tertiary/aromatic N) is 2. The molecule has 8 nitrogen and oxygen atoms in total. The second-order valence-corrected chi connectivity index (χ2v) is 7.87. The zero-order chi connectivity index (χ0) is 21.0. The van der Waals surface area contributed by atoms with Crippen LogP contribution in [0.5, 0.6) is 0 Å². The van der Waals surface area contributed by atoms with Crippen molar-refractivity contribution in [2.75, 3.05) is 17.7 Å². The number of benzene rings is 2. The number of hydrogen-bond acceptors (Lipinski definition) is 7. The number of aliphatic hydroxyl groups is 1. The number of primary sulfonamides is 1. The number of nitrogens with two attached hydrogens (primary N) is 2. The van der Waals surface area contributed by atoms with Crippen LogP contribution in [-0.4, -0.2) is 30.1 Å². The van der Waals surface area contributed by atoms with E-state index in [1.54, 1.807) is 12.1 Å². The number of nitrogen functional groups attached to an aromatic ring is 1. The van der Waals surface area contributed by atoms with Crippen LogP contribution in [0, 0.1) is 5.82 Å². The summed E-state index contributed by atoms with van der Waals surface area (Å²) in [5.41, 5.74) is 7.63. The molecule has 0 saturated carbocycles. The van der Waals surface area contributed by atoms with Crippen LogP contribution in [0.1, 0.15) is 12.0 Å². The summed E-state index contributed by atoms with van der Waals surface area (Å²) in [7, 11) is -3.86. The van der Waals surface area contributed by atoms with Gasteiger partial charge in [0.2, 0.25) is 16.0 Å². The van der Waals surface area contributed by atoms with Crippen molar-refractivity contribution < 1.29 is 17.9 Å². The molecule has 6 N–H and O–H groups in total. The molecular weight excluding hydrogens is 397 g/mol. The Balaban J connectivity index is 1.89. The van der Waals surface area contributed by atoms with Gasteiger partial charge in [-0.25, -0.2) is 22.9 Å². The van der Waals surface area contributed by atoms with E-state index in [9.17, 15) is 12.8 Å². The largest absolute Gasteiger partial charge is 0.396 e. The van der Waals surface area contributed by atoms with Gasteiger partial charge < -0.3 is 16.2 Å². The fourth-order valence-electron chi connectivity index (χ4n) is 2.72. The monoisotopic (exact) mass is 417 g/mol. The second-order valence-electron chi connectivity index (χ2n) is 6.31. The maximum atomic E-state index is 15.0. The fourth-order valence-corrected chi connectivity index (χ4v) is 3.23. The Bertz CT molecular complexity index is 1100. The first-order chi connectivity index (χ1) is 13.8. The lowest BCUT2D eigenvalue weighted by molar-refractivity contribution is 0.288. The molecule has 1 aromatic heterocycles. The van der Waals surface area contributed by atoms with E-state index in [-0.39, 0.29) is 29.0 Å². The van der Waals surface area contributed by atoms with E-state index in [4.69, 9.17) is 16.0 Å². The van der Waals surface area contributed by atoms with Gasteiger partial charge in [0.15, 0.2) is 11.6 Å². The van der Waals surface area contributed by atoms with E-state index in [0.29, 0.717) is 17.7 Å². The van der Waals surface area contributed by atoms with Crippen LogP contribution in [0.3, 0.4) is 0 Å². The molecule has 0 aliphatic rings. The molecule has 0 fully saturated rings. The topological polar surface area (TPSA) is 144 Å². The average Bonchev–Trinajstić information content (AvgIpc) is 2.69. The fraction of sp³-hybridized carbons (Fsp3) is 0.158. The molecule has 152 valence electrons. The molecule has 0 saturated heterocycles. The lowest BCUT2D eigenvalue weighted by atomic mass is 10.1. The minimum absolute atomic E-state index is 0.0689. The number of nitrogens with one attached hydrogen (secondary N) is 1. The molecule has 0 atom stereocenters. The van der Waals surface area contributed by atoms with E-state index < -0.39 is 15.8 Å². The van der Waals surface area contributed by atoms with E-state index >= 15 is 0 Å². The minimum atomic E-state index is -3.86. The third-order valence-electron chi connectivity index (χ3n) is 4.17. The van der Waals surface area contributed by atoms with Crippen LogP contribution in [0.4, 0.5) is 21.8 Å². The zero-order valence-corrected chi connectivity index (χ0v) is 16.2. The SMILES string of the molecule is Nc1nc(Nc2ccc(CCCO)cc2)c(F)c(-c2ccc(S(N)(=O)=O)cc2)n1. The van der Waals surface area contributed by atoms with E-state index in [0.717, 1.165) is 12.0 Å². The predicted octanol–water partition coefficient (Wildman–Crippen LogP) is 2.18. The van der Waals surface area contributed by atoms with E-state index in [1.807, 2.05) is 12.1 Å². The quantitative estimate of drug-likeness (QED) is 0.461. The Morgan fingerprint density at radius 1 is 1.03 bits per heavy atom. The summed E-state index contributed by atoms with van der Waals surface area (Å²) in [5.74, 6) is -0.975. The number of sulfonamides is 1. The van der Waals surface area contributed by atoms with Crippen LogP contribution in [0.25, 0.3) is 11.3 Å². The Labute approximate surface area is 167 Å². The van der Waals surface area contributed by atoms with Crippen LogP contribution in [0.15, 0.2) is 53.4 Å². The van der Waals surface area contributed by atoms with Gasteiger partial charge in [0.25, 0.3) is 0 Å². The van der Waals surface area contributed by atoms with Crippen molar-refractivity contribution in [2.24, 2.45) is 5.14 Å². The van der Waals surface area contributed by atoms with Crippen molar-refractivity contribution in [2.45, 2.75) is 17.7 Å². The van der Waals surface area contributed by atoms with Crippen molar-refractivity contribution in [3.8, 4) is 11.3 Å². The molecule has 0 spiro atoms. The number of rotatable bonds is 7. The summed E-state index contributed by atoms with van der Waals surface area (Å²) in [6.45, 7) is 0.117. The average molecular weight is 417 g/mol. The Morgan fingerprint density at radius 2 is 1.69 bits per heavy atom. The maximum Gasteiger partial charge on any atom is 0.238 e. The van der Waals surface area contributed by atoms with Gasteiger partial charge in [0.05, 0.1) is 4.90 Å². The number of anilines is 3. The minimum Gasteiger partial charge on any atom is -0.396 e. The number of hydrogen-bond donors (Lipinski definition) is 4. The highest BCUT2D eigenvalue weighted by Crippen LogP contribution is 2.28. The molecule has 29 heavy (non-hydrogen) atoms. The van der Waals surface area contributed by atoms with Crippen molar-refractivity contribution in [3.63, 3.8) is 0 Å². The molecule has 10 heteroatoms. The molecule has 0 aliphatic heterocycles. The summed E-state index contributed by atoms with van der Waals surface area (Å²) in [5, 5.41) is 16.8. The second kappa shape index (κ2) is 8.52. The highest BCUT2D eigenvalue weighted by Gasteiger charge is 2.16. The van der Waals surface area contributed by atoms with Crippen molar-refractivity contribution in [1.29, 1.82) is 0 Å². The van der Waals surface area contributed by atoms with Crippen molar-refractivity contribution in [3.05, 3.63) is 59.9 Å². The molecule has 1 heterocycles. The molecule has 3 aromatic rings. The van der Waals surface area contributed by atoms with Gasteiger partial charge in [-0.2, -0.15) is 4.98 Å². The van der Waals surface area contributed by atoms with Crippen LogP contribution in [-0.2, 0) is 16.4 Å². The number of halogens is 1. The standard InChI is InChI=1S/C19H20FN5O3S/c20-16-17(13-5-9-15(10-6-13)29(22,27)28)24-19(21)25-18(16)23-14-7-3-12(4-8-14)2-1-11-26/h3-10,26H,1-2,11H2,(H2,22,27,28)(H3,21,23,24,25). The first kappa shape index (κ1) is 20.6. The van der Waals surface area contributed by atoms with Crippen LogP contribution >= 0.6 is 0 Å². The van der Waals surface area contributed by atoms with Gasteiger partial charge >= 0.3 is 0 Å². The Kier molecular flexibility index (Phi) is 6.06. The van der Waals surface area contributed by atoms with Crippen molar-refractivity contribution in [1.82, 2.24) is 9.97 Å². The molecular formula is C19H20FN5O3S. The Morgan fingerprint density at radius 3 is 2.28 bits per heavy atom. The normalized spacial score (nSPS) is 11.4. The van der Waals surface area contributed by atoms with Crippen LogP contribution in [0.2, 0.25) is 0 Å². The smallest absolute Gasteiger partial charge is 0.238 e. The third-order valence-corrected chi connectivity index (χ3v) is 5.09. The summed E-state index contributed by atoms with van der Waals surface area (Å²) < 4.78 is 37.7. The van der Waals surface area contributed by atoms with Gasteiger partial charge in [0.1, 0.15) is 5.69 Å². The molecule has 0 radical (unpaired) electrons. The first-order valence-electron chi connectivity index (χ1n) is 8.71. The van der Waals surface area contributed by atoms with Gasteiger partial charge in [-0.1, -0.05) is 24.3 Å². The molecule has 3 rings (SSSR count). The summed E-state index contributed by atoms with van der Waals surface area (Å²) >= 11 is 0. The van der Waals surface area contributed by atoms with Gasteiger partial charge in [-0.15, -0.1) is 0 Å². The van der Waals surface area contributed by atoms with Gasteiger partial charge in [0, 0.05) is 17.9 Å². The predicted molar refractivity (Wildman–Crippen MR) is 108 cm³/mol. The lowest BCUT2D eigenvalue weighted by Crippen LogP contribution is -2.12. The maximum absolute atomic E-state index is 15.0.